The molecule has 0 heterocycles. The van der Waals surface area contributed by atoms with Gasteiger partial charge in [0.15, 0.2) is 0 Å². The van der Waals surface area contributed by atoms with Crippen molar-refractivity contribution in [1.29, 1.82) is 5.26 Å². The van der Waals surface area contributed by atoms with Crippen LogP contribution in [0.5, 0.6) is 0 Å². The molecule has 0 aromatic heterocycles. The summed E-state index contributed by atoms with van der Waals surface area (Å²) in [5.41, 5.74) is 2.90. The van der Waals surface area contributed by atoms with Crippen molar-refractivity contribution in [2.75, 3.05) is 5.32 Å². The number of amides is 1. The van der Waals surface area contributed by atoms with E-state index in [0.717, 1.165) is 15.6 Å². The molecule has 3 aromatic rings. The standard InChI is InChI=1S/C24H20BrN3O/c25-22-11-13-23(14-12-22)27-24(29)21(15-26)18-28(16-19-7-3-1-4-8-19)17-20-9-5-2-6-10-20/h1-14,18H,16-17H2,(H,27,29)/b21-18-. The molecule has 0 radical (unpaired) electrons. The van der Waals surface area contributed by atoms with Gasteiger partial charge >= 0.3 is 0 Å². The second-order valence-electron chi connectivity index (χ2n) is 6.49. The first-order valence-corrected chi connectivity index (χ1v) is 9.94. The molecule has 4 nitrogen and oxygen atoms in total. The molecule has 3 rings (SSSR count). The molecule has 3 aromatic carbocycles. The lowest BCUT2D eigenvalue weighted by Crippen LogP contribution is -2.21. The van der Waals surface area contributed by atoms with Gasteiger partial charge < -0.3 is 10.2 Å². The smallest absolute Gasteiger partial charge is 0.267 e. The first-order chi connectivity index (χ1) is 14.1. The number of halogens is 1. The van der Waals surface area contributed by atoms with Gasteiger partial charge in [-0.3, -0.25) is 4.79 Å². The molecule has 1 N–H and O–H groups in total. The summed E-state index contributed by atoms with van der Waals surface area (Å²) < 4.78 is 0.920. The Morgan fingerprint density at radius 3 is 1.90 bits per heavy atom. The zero-order valence-electron chi connectivity index (χ0n) is 15.8. The van der Waals surface area contributed by atoms with E-state index < -0.39 is 5.91 Å². The first kappa shape index (κ1) is 20.4. The third-order valence-corrected chi connectivity index (χ3v) is 4.76. The predicted molar refractivity (Wildman–Crippen MR) is 119 cm³/mol. The van der Waals surface area contributed by atoms with Crippen LogP contribution in [0.25, 0.3) is 0 Å². The van der Waals surface area contributed by atoms with E-state index in [-0.39, 0.29) is 5.57 Å². The summed E-state index contributed by atoms with van der Waals surface area (Å²) in [6, 6.07) is 29.2. The third kappa shape index (κ3) is 6.34. The maximum Gasteiger partial charge on any atom is 0.267 e. The van der Waals surface area contributed by atoms with E-state index in [0.29, 0.717) is 18.8 Å². The summed E-state index contributed by atoms with van der Waals surface area (Å²) in [6.07, 6.45) is 1.63. The fourth-order valence-electron chi connectivity index (χ4n) is 2.84. The van der Waals surface area contributed by atoms with E-state index in [1.165, 1.54) is 0 Å². The Morgan fingerprint density at radius 2 is 1.41 bits per heavy atom. The third-order valence-electron chi connectivity index (χ3n) is 4.24. The summed E-state index contributed by atoms with van der Waals surface area (Å²) in [7, 11) is 0. The number of nitrogens with one attached hydrogen (secondary N) is 1. The lowest BCUT2D eigenvalue weighted by molar-refractivity contribution is -0.112. The Hall–Kier alpha value is -3.36. The van der Waals surface area contributed by atoms with Crippen molar-refractivity contribution in [3.63, 3.8) is 0 Å². The van der Waals surface area contributed by atoms with Crippen LogP contribution in [0, 0.1) is 11.3 Å². The molecule has 0 unspecified atom stereocenters. The van der Waals surface area contributed by atoms with Crippen molar-refractivity contribution < 1.29 is 4.79 Å². The fourth-order valence-corrected chi connectivity index (χ4v) is 3.10. The highest BCUT2D eigenvalue weighted by molar-refractivity contribution is 9.10. The topological polar surface area (TPSA) is 56.1 Å². The van der Waals surface area contributed by atoms with Crippen molar-refractivity contribution in [3.8, 4) is 6.07 Å². The average Bonchev–Trinajstić information content (AvgIpc) is 2.75. The summed E-state index contributed by atoms with van der Waals surface area (Å²) in [5, 5.41) is 12.4. The quantitative estimate of drug-likeness (QED) is 0.385. The second-order valence-corrected chi connectivity index (χ2v) is 7.41. The zero-order valence-corrected chi connectivity index (χ0v) is 17.3. The molecule has 0 saturated heterocycles. The van der Waals surface area contributed by atoms with Crippen LogP contribution in [0.15, 0.2) is 101 Å². The minimum absolute atomic E-state index is 0.0554. The number of hydrogen-bond donors (Lipinski definition) is 1. The van der Waals surface area contributed by atoms with Crippen molar-refractivity contribution in [3.05, 3.63) is 112 Å². The van der Waals surface area contributed by atoms with Crippen molar-refractivity contribution in [2.24, 2.45) is 0 Å². The van der Waals surface area contributed by atoms with E-state index in [2.05, 4.69) is 21.2 Å². The van der Waals surface area contributed by atoms with Crippen LogP contribution in [-0.2, 0) is 17.9 Å². The normalized spacial score (nSPS) is 10.8. The lowest BCUT2D eigenvalue weighted by Gasteiger charge is -2.21. The maximum absolute atomic E-state index is 12.6. The highest BCUT2D eigenvalue weighted by atomic mass is 79.9. The van der Waals surface area contributed by atoms with Crippen molar-refractivity contribution in [1.82, 2.24) is 4.90 Å². The van der Waals surface area contributed by atoms with Gasteiger partial charge in [0.05, 0.1) is 0 Å². The summed E-state index contributed by atoms with van der Waals surface area (Å²) in [6.45, 7) is 1.18. The number of benzene rings is 3. The van der Waals surface area contributed by atoms with E-state index >= 15 is 0 Å². The number of nitriles is 1. The Kier molecular flexibility index (Phi) is 7.21. The van der Waals surface area contributed by atoms with E-state index in [9.17, 15) is 10.1 Å². The average molecular weight is 446 g/mol. The van der Waals surface area contributed by atoms with Gasteiger partial charge in [-0.2, -0.15) is 5.26 Å². The van der Waals surface area contributed by atoms with E-state index in [1.807, 2.05) is 83.8 Å². The van der Waals surface area contributed by atoms with Gasteiger partial charge in [0.25, 0.3) is 5.91 Å². The van der Waals surface area contributed by atoms with Gasteiger partial charge in [-0.25, -0.2) is 0 Å². The summed E-state index contributed by atoms with van der Waals surface area (Å²) in [5.74, 6) is -0.430. The molecule has 0 bridgehead atoms. The van der Waals surface area contributed by atoms with Gasteiger partial charge in [-0.05, 0) is 35.4 Å². The minimum Gasteiger partial charge on any atom is -0.367 e. The van der Waals surface area contributed by atoms with Crippen LogP contribution in [0.4, 0.5) is 5.69 Å². The molecular formula is C24H20BrN3O. The second kappa shape index (κ2) is 10.3. The van der Waals surface area contributed by atoms with E-state index in [4.69, 9.17) is 0 Å². The number of carbonyl (C=O) groups excluding carboxylic acids is 1. The lowest BCUT2D eigenvalue weighted by atomic mass is 10.1. The number of rotatable bonds is 7. The molecule has 0 aliphatic rings. The molecule has 1 amide bonds. The molecule has 0 aliphatic carbocycles. The van der Waals surface area contributed by atoms with Gasteiger partial charge in [0.2, 0.25) is 0 Å². The fraction of sp³-hybridized carbons (Fsp3) is 0.0833. The highest BCUT2D eigenvalue weighted by Crippen LogP contribution is 2.16. The monoisotopic (exact) mass is 445 g/mol. The molecule has 0 aliphatic heterocycles. The molecule has 0 saturated carbocycles. The number of carbonyl (C=O) groups is 1. The maximum atomic E-state index is 12.6. The number of nitrogens with zero attached hydrogens (tertiary/aromatic N) is 2. The van der Waals surface area contributed by atoms with Gasteiger partial charge in [0, 0.05) is 29.4 Å². The molecule has 144 valence electrons. The Morgan fingerprint density at radius 1 is 0.897 bits per heavy atom. The zero-order chi connectivity index (χ0) is 20.5. The molecule has 0 fully saturated rings. The Bertz CT molecular complexity index is 968. The van der Waals surface area contributed by atoms with Gasteiger partial charge in [0.1, 0.15) is 11.6 Å². The highest BCUT2D eigenvalue weighted by Gasteiger charge is 2.13. The SMILES string of the molecule is N#C/C(=C/N(Cc1ccccc1)Cc1ccccc1)C(=O)Nc1ccc(Br)cc1. The van der Waals surface area contributed by atoms with E-state index in [1.54, 1.807) is 18.3 Å². The number of hydrogen-bond acceptors (Lipinski definition) is 3. The van der Waals surface area contributed by atoms with Crippen LogP contribution in [0.3, 0.4) is 0 Å². The van der Waals surface area contributed by atoms with Crippen LogP contribution < -0.4 is 5.32 Å². The van der Waals surface area contributed by atoms with Gasteiger partial charge in [-0.15, -0.1) is 0 Å². The number of anilines is 1. The Balaban J connectivity index is 1.81. The molecule has 29 heavy (non-hydrogen) atoms. The van der Waals surface area contributed by atoms with Crippen molar-refractivity contribution in [2.45, 2.75) is 13.1 Å². The van der Waals surface area contributed by atoms with Crippen LogP contribution in [-0.4, -0.2) is 10.8 Å². The largest absolute Gasteiger partial charge is 0.367 e. The summed E-state index contributed by atoms with van der Waals surface area (Å²) >= 11 is 3.37. The molecule has 0 atom stereocenters. The first-order valence-electron chi connectivity index (χ1n) is 9.15. The Labute approximate surface area is 179 Å². The van der Waals surface area contributed by atoms with Crippen LogP contribution >= 0.6 is 15.9 Å². The van der Waals surface area contributed by atoms with Crippen LogP contribution in [0.1, 0.15) is 11.1 Å². The molecule has 0 spiro atoms. The van der Waals surface area contributed by atoms with Gasteiger partial charge in [-0.1, -0.05) is 76.6 Å². The predicted octanol–water partition coefficient (Wildman–Crippen LogP) is 5.50. The van der Waals surface area contributed by atoms with Crippen molar-refractivity contribution >= 4 is 27.5 Å². The molecular weight excluding hydrogens is 426 g/mol. The molecule has 5 heteroatoms. The minimum atomic E-state index is -0.430. The van der Waals surface area contributed by atoms with Crippen LogP contribution in [0.2, 0.25) is 0 Å². The summed E-state index contributed by atoms with van der Waals surface area (Å²) in [4.78, 5) is 14.6.